The van der Waals surface area contributed by atoms with Gasteiger partial charge in [0.25, 0.3) is 0 Å². The third kappa shape index (κ3) is 8.33. The Balaban J connectivity index is 0.000000133. The second-order valence-electron chi connectivity index (χ2n) is 14.7. The number of pyridine rings is 2. The molecule has 0 unspecified atom stereocenters. The van der Waals surface area contributed by atoms with E-state index in [0.717, 1.165) is 140 Å². The van der Waals surface area contributed by atoms with Gasteiger partial charge in [-0.1, -0.05) is 24.3 Å². The van der Waals surface area contributed by atoms with E-state index in [1.807, 2.05) is 60.8 Å². The summed E-state index contributed by atoms with van der Waals surface area (Å²) in [6, 6.07) is 15.7. The summed E-state index contributed by atoms with van der Waals surface area (Å²) < 4.78 is 27.7. The van der Waals surface area contributed by atoms with E-state index in [4.69, 9.17) is 23.7 Å². The molecule has 6 aliphatic rings. The van der Waals surface area contributed by atoms with E-state index in [-0.39, 0.29) is 18.2 Å². The maximum atomic E-state index is 13.0. The maximum Gasteiger partial charge on any atom is 0.231 e. The second-order valence-corrected chi connectivity index (χ2v) is 14.7. The molecule has 0 amide bonds. The van der Waals surface area contributed by atoms with E-state index < -0.39 is 0 Å². The normalized spacial score (nSPS) is 18.8. The van der Waals surface area contributed by atoms with E-state index in [1.165, 1.54) is 5.56 Å². The highest BCUT2D eigenvalue weighted by molar-refractivity contribution is 6.13. The number of hydrogen-bond donors (Lipinski definition) is 0. The molecule has 2 fully saturated rings. The van der Waals surface area contributed by atoms with E-state index in [0.29, 0.717) is 17.1 Å². The van der Waals surface area contributed by atoms with Gasteiger partial charge in [-0.3, -0.25) is 29.4 Å². The average molecular weight is 769 g/mol. The Morgan fingerprint density at radius 2 is 1.28 bits per heavy atom. The Kier molecular flexibility index (Phi) is 11.7. The van der Waals surface area contributed by atoms with Crippen LogP contribution in [0.5, 0.6) is 11.5 Å². The van der Waals surface area contributed by atoms with E-state index in [2.05, 4.69) is 45.8 Å². The van der Waals surface area contributed by atoms with Gasteiger partial charge in [-0.2, -0.15) is 0 Å². The predicted octanol–water partition coefficient (Wildman–Crippen LogP) is 6.35. The first kappa shape index (κ1) is 38.4. The highest BCUT2D eigenvalue weighted by Gasteiger charge is 2.32. The zero-order chi connectivity index (χ0) is 39.3. The number of aromatic nitrogens is 2. The number of Topliss-reactive ketones (excluding diaryl/α,β-unsaturated/α-hetero) is 2. The van der Waals surface area contributed by atoms with Crippen LogP contribution in [0.4, 0.5) is 0 Å². The lowest BCUT2D eigenvalue weighted by atomic mass is 10.0. The number of hydrogen-bond acceptors (Lipinski definition) is 11. The summed E-state index contributed by atoms with van der Waals surface area (Å²) in [5, 5.41) is 0. The van der Waals surface area contributed by atoms with Crippen LogP contribution in [0, 0.1) is 13.8 Å². The Morgan fingerprint density at radius 3 is 1.93 bits per heavy atom. The molecule has 57 heavy (non-hydrogen) atoms. The Labute approximate surface area is 333 Å². The van der Waals surface area contributed by atoms with E-state index in [1.54, 1.807) is 13.3 Å². The summed E-state index contributed by atoms with van der Waals surface area (Å²) in [4.78, 5) is 38.0. The molecule has 0 bridgehead atoms. The van der Waals surface area contributed by atoms with Crippen molar-refractivity contribution in [3.05, 3.63) is 141 Å². The average Bonchev–Trinajstić information content (AvgIpc) is 4.03. The number of rotatable bonds is 6. The largest absolute Gasteiger partial charge is 0.496 e. The molecule has 2 saturated heterocycles. The molecule has 2 aromatic carbocycles. The number of morpholine rings is 2. The standard InChI is InChI=1S/C23H22N2O3.C14H17NO3.C9H9NO/c1-15-4-6-18-22(26)21(13-16-5-7-20-17(16)3-2-8-24-20)28-23(18)19(15)14-25-9-11-27-12-10-25;1-10-2-3-11-13(16)9-18-14(11)12(10)8-15-4-6-17-7-5-15;1-11-9-5-4-8-7(9)3-2-6-10-8/h2-6,8,13H,7,9-12,14H2,1H3;2-3H,4-9H2,1H3;2-3,5-6H,4H2,1H3/b21-13-;;. The van der Waals surface area contributed by atoms with Gasteiger partial charge in [0.1, 0.15) is 17.3 Å². The highest BCUT2D eigenvalue weighted by Crippen LogP contribution is 2.39. The molecule has 4 aromatic rings. The number of ketones is 2. The fraction of sp³-hybridized carbons (Fsp3) is 0.348. The minimum absolute atomic E-state index is 0.0449. The van der Waals surface area contributed by atoms with E-state index >= 15 is 0 Å². The minimum atomic E-state index is -0.0449. The van der Waals surface area contributed by atoms with Crippen LogP contribution in [0.3, 0.4) is 0 Å². The summed E-state index contributed by atoms with van der Waals surface area (Å²) >= 11 is 0. The number of fused-ring (bicyclic) bond motifs is 4. The van der Waals surface area contributed by atoms with Crippen molar-refractivity contribution in [3.8, 4) is 11.5 Å². The number of nitrogens with zero attached hydrogens (tertiary/aromatic N) is 4. The molecule has 11 nitrogen and oxygen atoms in total. The number of allylic oxidation sites excluding steroid dienone is 5. The molecule has 294 valence electrons. The van der Waals surface area contributed by atoms with Crippen LogP contribution in [0.15, 0.2) is 84.9 Å². The van der Waals surface area contributed by atoms with Gasteiger partial charge in [-0.15, -0.1) is 0 Å². The first-order chi connectivity index (χ1) is 27.9. The lowest BCUT2D eigenvalue weighted by molar-refractivity contribution is 0.0337. The maximum absolute atomic E-state index is 13.0. The van der Waals surface area contributed by atoms with Crippen LogP contribution in [0.1, 0.15) is 65.5 Å². The molecule has 10 rings (SSSR count). The van der Waals surface area contributed by atoms with Crippen LogP contribution < -0.4 is 9.47 Å². The van der Waals surface area contributed by atoms with Gasteiger partial charge in [0, 0.05) is 86.8 Å². The summed E-state index contributed by atoms with van der Waals surface area (Å²) in [7, 11) is 1.69. The third-order valence-electron chi connectivity index (χ3n) is 11.1. The van der Waals surface area contributed by atoms with Gasteiger partial charge in [0.2, 0.25) is 11.6 Å². The smallest absolute Gasteiger partial charge is 0.231 e. The second kappa shape index (κ2) is 17.4. The van der Waals surface area contributed by atoms with Crippen molar-refractivity contribution in [1.82, 2.24) is 19.8 Å². The topological polar surface area (TPSA) is 113 Å². The van der Waals surface area contributed by atoms with Crippen molar-refractivity contribution in [3.63, 3.8) is 0 Å². The van der Waals surface area contributed by atoms with Crippen molar-refractivity contribution >= 4 is 22.9 Å². The van der Waals surface area contributed by atoms with Crippen LogP contribution in [-0.2, 0) is 40.1 Å². The molecule has 2 aromatic heterocycles. The first-order valence-electron chi connectivity index (χ1n) is 19.7. The van der Waals surface area contributed by atoms with Gasteiger partial charge < -0.3 is 23.7 Å². The molecule has 0 N–H and O–H groups in total. The predicted molar refractivity (Wildman–Crippen MR) is 216 cm³/mol. The number of carbonyl (C=O) groups excluding carboxylic acids is 2. The third-order valence-corrected chi connectivity index (χ3v) is 11.1. The van der Waals surface area contributed by atoms with Crippen molar-refractivity contribution in [2.45, 2.75) is 39.8 Å². The summed E-state index contributed by atoms with van der Waals surface area (Å²) in [6.45, 7) is 12.7. The van der Waals surface area contributed by atoms with Gasteiger partial charge in [0.15, 0.2) is 12.4 Å². The summed E-state index contributed by atoms with van der Waals surface area (Å²) in [6.07, 6.45) is 11.3. The molecule has 11 heteroatoms. The number of carbonyl (C=O) groups is 2. The fourth-order valence-corrected chi connectivity index (χ4v) is 7.87. The molecule has 0 spiro atoms. The SMILES string of the molecule is COC1=CCc2ncccc21.Cc1ccc2c(c1CN1CCOCC1)O/C(=C\C1=CCc3ncccc31)C2=O.Cc1ccc2c(c1CN1CCOCC1)OCC2=O. The van der Waals surface area contributed by atoms with Gasteiger partial charge >= 0.3 is 0 Å². The van der Waals surface area contributed by atoms with Crippen LogP contribution in [-0.4, -0.2) is 97.7 Å². The molecule has 6 heterocycles. The van der Waals surface area contributed by atoms with Crippen molar-refractivity contribution in [1.29, 1.82) is 0 Å². The van der Waals surface area contributed by atoms with Crippen molar-refractivity contribution < 1.29 is 33.3 Å². The lowest BCUT2D eigenvalue weighted by Crippen LogP contribution is -2.35. The molecular weight excluding hydrogens is 721 g/mol. The quantitative estimate of drug-likeness (QED) is 0.205. The summed E-state index contributed by atoms with van der Waals surface area (Å²) in [5.74, 6) is 2.91. The van der Waals surface area contributed by atoms with E-state index in [9.17, 15) is 9.59 Å². The number of aryl methyl sites for hydroxylation is 2. The molecule has 0 radical (unpaired) electrons. The number of ether oxygens (including phenoxy) is 5. The van der Waals surface area contributed by atoms with Gasteiger partial charge in [0.05, 0.1) is 56.1 Å². The first-order valence-corrected chi connectivity index (χ1v) is 19.7. The Morgan fingerprint density at radius 1 is 0.702 bits per heavy atom. The van der Waals surface area contributed by atoms with Gasteiger partial charge in [-0.25, -0.2) is 0 Å². The molecular formula is C46H48N4O7. The monoisotopic (exact) mass is 768 g/mol. The van der Waals surface area contributed by atoms with Crippen molar-refractivity contribution in [2.24, 2.45) is 0 Å². The Hall–Kier alpha value is -5.46. The van der Waals surface area contributed by atoms with Crippen LogP contribution >= 0.6 is 0 Å². The van der Waals surface area contributed by atoms with Crippen LogP contribution in [0.25, 0.3) is 11.3 Å². The molecule has 4 aliphatic heterocycles. The minimum Gasteiger partial charge on any atom is -0.496 e. The van der Waals surface area contributed by atoms with Gasteiger partial charge in [-0.05, 0) is 73.0 Å². The summed E-state index contributed by atoms with van der Waals surface area (Å²) in [5.41, 5.74) is 11.4. The molecule has 2 aliphatic carbocycles. The zero-order valence-electron chi connectivity index (χ0n) is 32.8. The lowest BCUT2D eigenvalue weighted by Gasteiger charge is -2.27. The number of methoxy groups -OCH3 is 1. The Bertz CT molecular complexity index is 2270. The highest BCUT2D eigenvalue weighted by atomic mass is 16.5. The molecule has 0 saturated carbocycles. The zero-order valence-corrected chi connectivity index (χ0v) is 32.8. The number of benzene rings is 2. The molecule has 0 atom stereocenters. The fourth-order valence-electron chi connectivity index (χ4n) is 7.87. The van der Waals surface area contributed by atoms with Crippen molar-refractivity contribution in [2.75, 3.05) is 66.3 Å². The van der Waals surface area contributed by atoms with Crippen LogP contribution in [0.2, 0.25) is 0 Å².